The first-order valence-corrected chi connectivity index (χ1v) is 19.9. The zero-order chi connectivity index (χ0) is 40.0. The summed E-state index contributed by atoms with van der Waals surface area (Å²) in [5.74, 6) is 0. The molecule has 0 fully saturated rings. The summed E-state index contributed by atoms with van der Waals surface area (Å²) in [4.78, 5) is 4.70. The lowest BCUT2D eigenvalue weighted by atomic mass is 9.71. The quantitative estimate of drug-likeness (QED) is 0.173. The van der Waals surface area contributed by atoms with Crippen molar-refractivity contribution in [2.24, 2.45) is 0 Å². The first-order chi connectivity index (χ1) is 27.3. The molecule has 4 nitrogen and oxygen atoms in total. The van der Waals surface area contributed by atoms with Crippen LogP contribution in [0.25, 0.3) is 22.3 Å². The van der Waals surface area contributed by atoms with E-state index in [0.717, 1.165) is 39.8 Å². The largest absolute Gasteiger partial charge is 0.399 e. The van der Waals surface area contributed by atoms with Crippen LogP contribution in [0.2, 0.25) is 0 Å². The van der Waals surface area contributed by atoms with E-state index >= 15 is 0 Å². The molecule has 7 aromatic carbocycles. The van der Waals surface area contributed by atoms with Crippen LogP contribution in [-0.2, 0) is 10.8 Å². The highest BCUT2D eigenvalue weighted by molar-refractivity contribution is 5.97. The highest BCUT2D eigenvalue weighted by atomic mass is 15.1. The van der Waals surface area contributed by atoms with Gasteiger partial charge in [0.05, 0.1) is 11.6 Å². The van der Waals surface area contributed by atoms with Crippen LogP contribution < -0.4 is 15.5 Å². The number of para-hydroxylation sites is 2. The Morgan fingerprint density at radius 2 is 0.877 bits per heavy atom. The lowest BCUT2D eigenvalue weighted by Crippen LogP contribution is -2.25. The number of anilines is 7. The highest BCUT2D eigenvalue weighted by Gasteiger charge is 2.48. The highest BCUT2D eigenvalue weighted by Crippen LogP contribution is 2.62. The van der Waals surface area contributed by atoms with Gasteiger partial charge in [0.25, 0.3) is 0 Å². The number of fused-ring (bicyclic) bond motifs is 7. The van der Waals surface area contributed by atoms with Gasteiger partial charge in [0.1, 0.15) is 0 Å². The molecule has 0 radical (unpaired) electrons. The Labute approximate surface area is 337 Å². The van der Waals surface area contributed by atoms with E-state index in [1.807, 2.05) is 24.3 Å². The van der Waals surface area contributed by atoms with Crippen LogP contribution in [0, 0.1) is 39.0 Å². The lowest BCUT2D eigenvalue weighted by Gasteiger charge is -2.33. The Bertz CT molecular complexity index is 2800. The molecule has 280 valence electrons. The smallest absolute Gasteiger partial charge is 0.0991 e. The SMILES string of the molecule is Cc1ccccc1N(c1ccc(N)cc1)c1ccc2c(c1)C(C)(C)c1c-2c(C)c(C)c2c1C(C)(C)c1cc(N(c3ccc(C#N)cc3)c3ccccc3C)ccc1-2. The normalized spacial score (nSPS) is 13.9. The Balaban J connectivity index is 1.21. The van der Waals surface area contributed by atoms with Crippen molar-refractivity contribution in [3.8, 4) is 28.3 Å². The van der Waals surface area contributed by atoms with Crippen molar-refractivity contribution in [2.45, 2.75) is 66.2 Å². The third-order valence-electron chi connectivity index (χ3n) is 12.8. The van der Waals surface area contributed by atoms with Crippen molar-refractivity contribution in [1.82, 2.24) is 0 Å². The standard InChI is InChI=1S/C53H48N4/c1-32-13-9-11-15-46(32)56(38-21-17-36(31-54)18-22-38)40-25-27-42-44(29-40)52(5,6)50-48(42)34(3)35(4)49-43-28-26-41(30-45(43)53(7,8)51(49)50)57(39-23-19-37(55)20-24-39)47-16-12-10-14-33(47)2/h9-30H,55H2,1-8H3. The van der Waals surface area contributed by atoms with Gasteiger partial charge in [-0.05, 0) is 179 Å². The molecule has 0 heterocycles. The topological polar surface area (TPSA) is 56.3 Å². The summed E-state index contributed by atoms with van der Waals surface area (Å²) in [5, 5.41) is 9.58. The van der Waals surface area contributed by atoms with E-state index < -0.39 is 0 Å². The lowest BCUT2D eigenvalue weighted by molar-refractivity contribution is 0.600. The van der Waals surface area contributed by atoms with E-state index in [1.165, 1.54) is 66.8 Å². The van der Waals surface area contributed by atoms with Crippen LogP contribution in [0.5, 0.6) is 0 Å². The van der Waals surface area contributed by atoms with Crippen molar-refractivity contribution in [1.29, 1.82) is 5.26 Å². The minimum absolute atomic E-state index is 0.264. The molecule has 4 heteroatoms. The molecule has 0 aromatic heterocycles. The van der Waals surface area contributed by atoms with Crippen LogP contribution in [0.15, 0.2) is 133 Å². The molecule has 0 saturated carbocycles. The van der Waals surface area contributed by atoms with E-state index in [-0.39, 0.29) is 10.8 Å². The van der Waals surface area contributed by atoms with Crippen LogP contribution in [0.4, 0.5) is 39.8 Å². The van der Waals surface area contributed by atoms with Gasteiger partial charge in [-0.15, -0.1) is 0 Å². The molecule has 57 heavy (non-hydrogen) atoms. The summed E-state index contributed by atoms with van der Waals surface area (Å²) in [6, 6.07) is 49.7. The van der Waals surface area contributed by atoms with E-state index in [0.29, 0.717) is 5.56 Å². The van der Waals surface area contributed by atoms with Crippen LogP contribution in [-0.4, -0.2) is 0 Å². The molecule has 2 aliphatic rings. The van der Waals surface area contributed by atoms with E-state index in [9.17, 15) is 5.26 Å². The molecule has 0 bridgehead atoms. The number of nitrogen functional groups attached to an aromatic ring is 1. The number of rotatable bonds is 6. The zero-order valence-corrected chi connectivity index (χ0v) is 34.1. The fourth-order valence-corrected chi connectivity index (χ4v) is 9.80. The Hall–Kier alpha value is -6.57. The zero-order valence-electron chi connectivity index (χ0n) is 34.1. The number of hydrogen-bond acceptors (Lipinski definition) is 4. The second-order valence-corrected chi connectivity index (χ2v) is 17.0. The van der Waals surface area contributed by atoms with Gasteiger partial charge in [0.15, 0.2) is 0 Å². The predicted molar refractivity (Wildman–Crippen MR) is 239 cm³/mol. The van der Waals surface area contributed by atoms with Gasteiger partial charge in [-0.3, -0.25) is 0 Å². The van der Waals surface area contributed by atoms with Gasteiger partial charge >= 0.3 is 0 Å². The van der Waals surface area contributed by atoms with Crippen LogP contribution in [0.3, 0.4) is 0 Å². The number of hydrogen-bond donors (Lipinski definition) is 1. The Kier molecular flexibility index (Phi) is 8.23. The molecule has 0 saturated heterocycles. The second-order valence-electron chi connectivity index (χ2n) is 17.0. The molecule has 0 unspecified atom stereocenters. The summed E-state index contributed by atoms with van der Waals surface area (Å²) in [6.07, 6.45) is 0. The predicted octanol–water partition coefficient (Wildman–Crippen LogP) is 13.9. The fraction of sp³-hybridized carbons (Fsp3) is 0.189. The van der Waals surface area contributed by atoms with Gasteiger partial charge < -0.3 is 15.5 Å². The third-order valence-corrected chi connectivity index (χ3v) is 12.8. The molecule has 0 atom stereocenters. The monoisotopic (exact) mass is 740 g/mol. The molecule has 0 amide bonds. The van der Waals surface area contributed by atoms with Crippen molar-refractivity contribution < 1.29 is 0 Å². The van der Waals surface area contributed by atoms with Crippen molar-refractivity contribution in [3.63, 3.8) is 0 Å². The first kappa shape index (κ1) is 36.1. The van der Waals surface area contributed by atoms with Gasteiger partial charge in [-0.1, -0.05) is 76.2 Å². The molecular formula is C53H48N4. The summed E-state index contributed by atoms with van der Waals surface area (Å²) in [5.41, 5.74) is 29.7. The number of nitrogens with zero attached hydrogens (tertiary/aromatic N) is 3. The average Bonchev–Trinajstić information content (AvgIpc) is 3.58. The Morgan fingerprint density at radius 1 is 0.491 bits per heavy atom. The molecule has 7 aromatic rings. The van der Waals surface area contributed by atoms with Gasteiger partial charge in [-0.25, -0.2) is 0 Å². The average molecular weight is 741 g/mol. The van der Waals surface area contributed by atoms with E-state index in [1.54, 1.807) is 0 Å². The maximum absolute atomic E-state index is 9.58. The van der Waals surface area contributed by atoms with E-state index in [2.05, 4.69) is 180 Å². The first-order valence-electron chi connectivity index (χ1n) is 19.9. The van der Waals surface area contributed by atoms with E-state index in [4.69, 9.17) is 5.73 Å². The van der Waals surface area contributed by atoms with Gasteiger partial charge in [0, 0.05) is 50.6 Å². The minimum Gasteiger partial charge on any atom is -0.399 e. The van der Waals surface area contributed by atoms with Crippen molar-refractivity contribution in [3.05, 3.63) is 184 Å². The summed E-state index contributed by atoms with van der Waals surface area (Å²) in [7, 11) is 0. The third kappa shape index (κ3) is 5.41. The summed E-state index contributed by atoms with van der Waals surface area (Å²) >= 11 is 0. The maximum Gasteiger partial charge on any atom is 0.0991 e. The molecule has 0 aliphatic heterocycles. The fourth-order valence-electron chi connectivity index (χ4n) is 9.80. The summed E-state index contributed by atoms with van der Waals surface area (Å²) < 4.78 is 0. The molecule has 2 N–H and O–H groups in total. The maximum atomic E-state index is 9.58. The Morgan fingerprint density at radius 3 is 1.28 bits per heavy atom. The minimum atomic E-state index is -0.273. The second kappa shape index (κ2) is 13.0. The molecule has 2 aliphatic carbocycles. The number of aryl methyl sites for hydroxylation is 2. The summed E-state index contributed by atoms with van der Waals surface area (Å²) in [6.45, 7) is 18.7. The van der Waals surface area contributed by atoms with Crippen LogP contribution in [0.1, 0.15) is 77.8 Å². The molecule has 9 rings (SSSR count). The van der Waals surface area contributed by atoms with Gasteiger partial charge in [0.2, 0.25) is 0 Å². The molecular weight excluding hydrogens is 693 g/mol. The van der Waals surface area contributed by atoms with Gasteiger partial charge in [-0.2, -0.15) is 5.26 Å². The van der Waals surface area contributed by atoms with Crippen molar-refractivity contribution >= 4 is 39.8 Å². The molecule has 0 spiro atoms. The van der Waals surface area contributed by atoms with Crippen molar-refractivity contribution in [2.75, 3.05) is 15.5 Å². The number of nitriles is 1. The number of benzene rings is 7. The number of nitrogens with two attached hydrogens (primary N) is 1. The van der Waals surface area contributed by atoms with Crippen LogP contribution >= 0.6 is 0 Å².